The molecule has 1 atom stereocenters. The average molecular weight is 379 g/mol. The molecule has 0 spiro atoms. The number of halogens is 1. The van der Waals surface area contributed by atoms with Crippen molar-refractivity contribution in [3.05, 3.63) is 53.0 Å². The van der Waals surface area contributed by atoms with Crippen molar-refractivity contribution in [3.63, 3.8) is 0 Å². The summed E-state index contributed by atoms with van der Waals surface area (Å²) in [6, 6.07) is 15.5. The summed E-state index contributed by atoms with van der Waals surface area (Å²) in [6.45, 7) is 1.08. The van der Waals surface area contributed by atoms with Crippen LogP contribution in [0.15, 0.2) is 53.0 Å². The van der Waals surface area contributed by atoms with Crippen molar-refractivity contribution in [1.82, 2.24) is 5.32 Å². The van der Waals surface area contributed by atoms with Crippen molar-refractivity contribution in [2.24, 2.45) is 0 Å². The number of ether oxygens (including phenoxy) is 2. The Kier molecular flexibility index (Phi) is 4.80. The second-order valence-electron chi connectivity index (χ2n) is 4.84. The lowest BCUT2D eigenvalue weighted by Gasteiger charge is -2.27. The van der Waals surface area contributed by atoms with Crippen LogP contribution in [-0.2, 0) is 0 Å². The number of rotatable bonds is 3. The van der Waals surface area contributed by atoms with Gasteiger partial charge >= 0.3 is 0 Å². The fraction of sp³-hybridized carbons (Fsp3) is 0.188. The number of hydrogen-bond donors (Lipinski definition) is 2. The van der Waals surface area contributed by atoms with Gasteiger partial charge in [0.2, 0.25) is 0 Å². The van der Waals surface area contributed by atoms with Crippen molar-refractivity contribution < 1.29 is 9.47 Å². The third kappa shape index (κ3) is 3.90. The Morgan fingerprint density at radius 3 is 2.82 bits per heavy atom. The predicted octanol–water partition coefficient (Wildman–Crippen LogP) is 3.58. The molecule has 0 saturated heterocycles. The van der Waals surface area contributed by atoms with Gasteiger partial charge in [0.25, 0.3) is 0 Å². The molecule has 4 nitrogen and oxygen atoms in total. The Labute approximate surface area is 142 Å². The van der Waals surface area contributed by atoms with Gasteiger partial charge in [0.1, 0.15) is 12.7 Å². The molecule has 0 amide bonds. The van der Waals surface area contributed by atoms with Gasteiger partial charge in [-0.15, -0.1) is 0 Å². The van der Waals surface area contributed by atoms with Crippen LogP contribution >= 0.6 is 28.1 Å². The maximum atomic E-state index is 5.87. The summed E-state index contributed by atoms with van der Waals surface area (Å²) in [5.41, 5.74) is 0.929. The highest BCUT2D eigenvalue weighted by atomic mass is 79.9. The molecule has 2 aromatic carbocycles. The van der Waals surface area contributed by atoms with Gasteiger partial charge < -0.3 is 20.1 Å². The molecule has 114 valence electrons. The summed E-state index contributed by atoms with van der Waals surface area (Å²) >= 11 is 8.72. The highest BCUT2D eigenvalue weighted by Crippen LogP contribution is 2.30. The van der Waals surface area contributed by atoms with Crippen LogP contribution in [0, 0.1) is 0 Å². The number of hydrogen-bond acceptors (Lipinski definition) is 3. The van der Waals surface area contributed by atoms with Gasteiger partial charge in [-0.25, -0.2) is 0 Å². The second kappa shape index (κ2) is 6.98. The lowest BCUT2D eigenvalue weighted by atomic mass is 10.2. The van der Waals surface area contributed by atoms with E-state index in [0.717, 1.165) is 21.7 Å². The number of benzene rings is 2. The minimum absolute atomic E-state index is 0.0721. The highest BCUT2D eigenvalue weighted by Gasteiger charge is 2.20. The molecule has 2 aromatic rings. The Bertz CT molecular complexity index is 681. The van der Waals surface area contributed by atoms with Crippen LogP contribution in [-0.4, -0.2) is 24.4 Å². The van der Waals surface area contributed by atoms with Gasteiger partial charge in [0, 0.05) is 10.2 Å². The zero-order valence-electron chi connectivity index (χ0n) is 11.7. The number of fused-ring (bicyclic) bond motifs is 1. The van der Waals surface area contributed by atoms with E-state index in [-0.39, 0.29) is 6.10 Å². The molecule has 22 heavy (non-hydrogen) atoms. The first kappa shape index (κ1) is 15.1. The van der Waals surface area contributed by atoms with Gasteiger partial charge in [0.05, 0.1) is 6.54 Å². The van der Waals surface area contributed by atoms with Crippen molar-refractivity contribution in [2.45, 2.75) is 6.10 Å². The summed E-state index contributed by atoms with van der Waals surface area (Å²) in [5, 5.41) is 6.84. The van der Waals surface area contributed by atoms with Crippen LogP contribution in [0.3, 0.4) is 0 Å². The zero-order chi connectivity index (χ0) is 15.4. The van der Waals surface area contributed by atoms with Crippen LogP contribution in [0.25, 0.3) is 0 Å². The van der Waals surface area contributed by atoms with Crippen LogP contribution in [0.2, 0.25) is 0 Å². The standard InChI is InChI=1S/C16H15BrN2O2S/c17-11-4-3-5-12(8-11)19-16(22)18-9-13-10-20-14-6-1-2-7-15(14)21-13/h1-8,13H,9-10H2,(H2,18,19,22)/t13-/m1/s1. The number of anilines is 1. The van der Waals surface area contributed by atoms with Crippen molar-refractivity contribution >= 4 is 38.9 Å². The van der Waals surface area contributed by atoms with Gasteiger partial charge in [-0.05, 0) is 42.5 Å². The van der Waals surface area contributed by atoms with E-state index in [1.54, 1.807) is 0 Å². The molecule has 6 heteroatoms. The molecule has 0 aliphatic carbocycles. The third-order valence-electron chi connectivity index (χ3n) is 3.14. The van der Waals surface area contributed by atoms with Gasteiger partial charge in [0.15, 0.2) is 16.6 Å². The molecule has 0 bridgehead atoms. The van der Waals surface area contributed by atoms with Crippen LogP contribution < -0.4 is 20.1 Å². The number of nitrogens with one attached hydrogen (secondary N) is 2. The van der Waals surface area contributed by atoms with Crippen LogP contribution in [0.5, 0.6) is 11.5 Å². The molecule has 0 fully saturated rings. The van der Waals surface area contributed by atoms with E-state index in [4.69, 9.17) is 21.7 Å². The van der Waals surface area contributed by atoms with E-state index >= 15 is 0 Å². The molecular weight excluding hydrogens is 364 g/mol. The highest BCUT2D eigenvalue weighted by molar-refractivity contribution is 9.10. The Morgan fingerprint density at radius 2 is 2.00 bits per heavy atom. The number of para-hydroxylation sites is 2. The fourth-order valence-corrected chi connectivity index (χ4v) is 2.71. The van der Waals surface area contributed by atoms with Gasteiger partial charge in [-0.2, -0.15) is 0 Å². The van der Waals surface area contributed by atoms with Gasteiger partial charge in [-0.1, -0.05) is 34.1 Å². The first-order chi connectivity index (χ1) is 10.7. The normalized spacial score (nSPS) is 16.0. The second-order valence-corrected chi connectivity index (χ2v) is 6.17. The summed E-state index contributed by atoms with van der Waals surface area (Å²) in [5.74, 6) is 1.56. The largest absolute Gasteiger partial charge is 0.486 e. The maximum Gasteiger partial charge on any atom is 0.170 e. The molecule has 0 unspecified atom stereocenters. The first-order valence-electron chi connectivity index (χ1n) is 6.89. The summed E-state index contributed by atoms with van der Waals surface area (Å²) < 4.78 is 12.5. The number of thiocarbonyl (C=S) groups is 1. The fourth-order valence-electron chi connectivity index (χ4n) is 2.11. The van der Waals surface area contributed by atoms with E-state index in [1.165, 1.54) is 0 Å². The summed E-state index contributed by atoms with van der Waals surface area (Å²) in [4.78, 5) is 0. The molecule has 3 rings (SSSR count). The van der Waals surface area contributed by atoms with E-state index < -0.39 is 0 Å². The minimum atomic E-state index is -0.0721. The topological polar surface area (TPSA) is 42.5 Å². The molecule has 1 heterocycles. The molecule has 0 radical (unpaired) electrons. The third-order valence-corrected chi connectivity index (χ3v) is 3.88. The maximum absolute atomic E-state index is 5.87. The van der Waals surface area contributed by atoms with E-state index in [9.17, 15) is 0 Å². The quantitative estimate of drug-likeness (QED) is 0.799. The molecule has 1 aliphatic rings. The van der Waals surface area contributed by atoms with Crippen LogP contribution in [0.1, 0.15) is 0 Å². The monoisotopic (exact) mass is 378 g/mol. The SMILES string of the molecule is S=C(NC[C@@H]1COc2ccccc2O1)Nc1cccc(Br)c1. The lowest BCUT2D eigenvalue weighted by Crippen LogP contribution is -2.42. The van der Waals surface area contributed by atoms with Crippen molar-refractivity contribution in [3.8, 4) is 11.5 Å². The van der Waals surface area contributed by atoms with Gasteiger partial charge in [-0.3, -0.25) is 0 Å². The smallest absolute Gasteiger partial charge is 0.170 e. The molecule has 0 aromatic heterocycles. The summed E-state index contributed by atoms with van der Waals surface area (Å²) in [6.07, 6.45) is -0.0721. The molecule has 2 N–H and O–H groups in total. The zero-order valence-corrected chi connectivity index (χ0v) is 14.1. The summed E-state index contributed by atoms with van der Waals surface area (Å²) in [7, 11) is 0. The van der Waals surface area contributed by atoms with E-state index in [1.807, 2.05) is 48.5 Å². The molecule has 1 aliphatic heterocycles. The van der Waals surface area contributed by atoms with E-state index in [2.05, 4.69) is 26.6 Å². The Morgan fingerprint density at radius 1 is 1.18 bits per heavy atom. The van der Waals surface area contributed by atoms with Crippen molar-refractivity contribution in [2.75, 3.05) is 18.5 Å². The molecular formula is C16H15BrN2O2S. The van der Waals surface area contributed by atoms with Crippen molar-refractivity contribution in [1.29, 1.82) is 0 Å². The molecule has 0 saturated carbocycles. The predicted molar refractivity (Wildman–Crippen MR) is 94.7 cm³/mol. The Balaban J connectivity index is 1.50. The minimum Gasteiger partial charge on any atom is -0.486 e. The lowest BCUT2D eigenvalue weighted by molar-refractivity contribution is 0.0939. The first-order valence-corrected chi connectivity index (χ1v) is 8.10. The van der Waals surface area contributed by atoms with E-state index in [0.29, 0.717) is 18.3 Å². The average Bonchev–Trinajstić information content (AvgIpc) is 2.53. The Hall–Kier alpha value is -1.79. The van der Waals surface area contributed by atoms with Crippen LogP contribution in [0.4, 0.5) is 5.69 Å².